The summed E-state index contributed by atoms with van der Waals surface area (Å²) in [5.41, 5.74) is 3.93. The number of likely N-dealkylation sites (tertiary alicyclic amines) is 1. The normalized spacial score (nSPS) is 20.1. The van der Waals surface area contributed by atoms with Gasteiger partial charge in [-0.15, -0.1) is 11.3 Å². The topological polar surface area (TPSA) is 70.5 Å². The zero-order valence-electron chi connectivity index (χ0n) is 17.0. The van der Waals surface area contributed by atoms with Gasteiger partial charge in [-0.25, -0.2) is 0 Å². The lowest BCUT2D eigenvalue weighted by atomic mass is 9.89. The Morgan fingerprint density at radius 1 is 1.10 bits per heavy atom. The molecule has 1 unspecified atom stereocenters. The summed E-state index contributed by atoms with van der Waals surface area (Å²) < 4.78 is 0. The van der Waals surface area contributed by atoms with Gasteiger partial charge in [0.15, 0.2) is 0 Å². The van der Waals surface area contributed by atoms with Crippen LogP contribution in [-0.2, 0) is 29.0 Å². The van der Waals surface area contributed by atoms with Crippen molar-refractivity contribution in [3.8, 4) is 0 Å². The molecule has 1 aliphatic carbocycles. The fourth-order valence-corrected chi connectivity index (χ4v) is 5.24. The van der Waals surface area contributed by atoms with E-state index in [9.17, 15) is 14.7 Å². The van der Waals surface area contributed by atoms with Crippen molar-refractivity contribution < 1.29 is 14.7 Å². The molecule has 0 spiro atoms. The molecule has 6 heteroatoms. The van der Waals surface area contributed by atoms with Crippen LogP contribution in [0.5, 0.6) is 0 Å². The molecule has 1 atom stereocenters. The predicted octanol–water partition coefficient (Wildman–Crippen LogP) is 4.64. The van der Waals surface area contributed by atoms with E-state index in [1.54, 1.807) is 18.5 Å². The quantitative estimate of drug-likeness (QED) is 0.372. The number of thiophene rings is 1. The number of fused-ring (bicyclic) bond motifs is 1. The van der Waals surface area contributed by atoms with E-state index >= 15 is 0 Å². The maximum absolute atomic E-state index is 13.1. The molecule has 0 radical (unpaired) electrons. The van der Waals surface area contributed by atoms with Crippen LogP contribution in [0, 0.1) is 0 Å². The standard InChI is InChI=1S/C25H22N2O3S/c28-23(18-10-9-16-5-1-2-6-17(16)13-18)21-22(19-7-3-11-26-14-19)27(25(30)24(21)29)15-20-8-4-12-31-20/h3-4,7-14,22,28H,1-2,5-6,15H2/b23-21-. The SMILES string of the molecule is O=C1C(=O)N(Cc2cccs2)C(c2cccnc2)/C1=C(/O)c1ccc2c(c1)CCCC2. The highest BCUT2D eigenvalue weighted by Crippen LogP contribution is 2.40. The molecule has 1 aromatic carbocycles. The van der Waals surface area contributed by atoms with E-state index in [2.05, 4.69) is 4.98 Å². The second kappa shape index (κ2) is 8.12. The number of aliphatic hydroxyl groups is 1. The van der Waals surface area contributed by atoms with Crippen molar-refractivity contribution in [3.05, 3.63) is 92.9 Å². The van der Waals surface area contributed by atoms with Crippen molar-refractivity contribution in [2.24, 2.45) is 0 Å². The van der Waals surface area contributed by atoms with E-state index in [0.717, 1.165) is 24.1 Å². The van der Waals surface area contributed by atoms with Crippen molar-refractivity contribution in [3.63, 3.8) is 0 Å². The lowest BCUT2D eigenvalue weighted by Crippen LogP contribution is -2.28. The molecule has 1 N–H and O–H groups in total. The third-order valence-electron chi connectivity index (χ3n) is 6.07. The van der Waals surface area contributed by atoms with Crippen LogP contribution in [0.1, 0.15) is 46.0 Å². The van der Waals surface area contributed by atoms with Crippen molar-refractivity contribution in [2.75, 3.05) is 0 Å². The molecule has 1 aliphatic heterocycles. The number of amides is 1. The van der Waals surface area contributed by atoms with E-state index in [4.69, 9.17) is 0 Å². The molecular formula is C25H22N2O3S. The number of hydrogen-bond donors (Lipinski definition) is 1. The molecular weight excluding hydrogens is 408 g/mol. The maximum Gasteiger partial charge on any atom is 0.295 e. The average Bonchev–Trinajstić information content (AvgIpc) is 3.41. The molecule has 3 heterocycles. The first-order valence-corrected chi connectivity index (χ1v) is 11.3. The average molecular weight is 431 g/mol. The molecule has 5 nitrogen and oxygen atoms in total. The summed E-state index contributed by atoms with van der Waals surface area (Å²) in [6.07, 6.45) is 7.61. The molecule has 156 valence electrons. The number of hydrogen-bond acceptors (Lipinski definition) is 5. The Bertz CT molecular complexity index is 1170. The van der Waals surface area contributed by atoms with Gasteiger partial charge in [0.1, 0.15) is 5.76 Å². The number of aliphatic hydroxyl groups excluding tert-OH is 1. The van der Waals surface area contributed by atoms with Crippen LogP contribution in [0.2, 0.25) is 0 Å². The van der Waals surface area contributed by atoms with Crippen LogP contribution >= 0.6 is 11.3 Å². The summed E-state index contributed by atoms with van der Waals surface area (Å²) in [4.78, 5) is 32.8. The summed E-state index contributed by atoms with van der Waals surface area (Å²) in [5.74, 6) is -1.36. The van der Waals surface area contributed by atoms with Crippen LogP contribution in [0.4, 0.5) is 0 Å². The lowest BCUT2D eigenvalue weighted by molar-refractivity contribution is -0.140. The Kier molecular flexibility index (Phi) is 5.16. The van der Waals surface area contributed by atoms with Crippen LogP contribution < -0.4 is 0 Å². The fraction of sp³-hybridized carbons (Fsp3) is 0.240. The van der Waals surface area contributed by atoms with Gasteiger partial charge in [-0.1, -0.05) is 24.3 Å². The number of ketones is 1. The molecule has 1 fully saturated rings. The number of carbonyl (C=O) groups is 2. The minimum Gasteiger partial charge on any atom is -0.507 e. The van der Waals surface area contributed by atoms with E-state index in [-0.39, 0.29) is 11.3 Å². The molecule has 5 rings (SSSR count). The van der Waals surface area contributed by atoms with Gasteiger partial charge in [-0.3, -0.25) is 14.6 Å². The molecule has 1 amide bonds. The van der Waals surface area contributed by atoms with Crippen molar-refractivity contribution in [2.45, 2.75) is 38.3 Å². The lowest BCUT2D eigenvalue weighted by Gasteiger charge is -2.24. The fourth-order valence-electron chi connectivity index (χ4n) is 4.53. The number of carbonyl (C=O) groups excluding carboxylic acids is 2. The number of Topliss-reactive ketones (excluding diaryl/α,β-unsaturated/α-hetero) is 1. The minimum absolute atomic E-state index is 0.116. The number of aromatic nitrogens is 1. The van der Waals surface area contributed by atoms with Gasteiger partial charge >= 0.3 is 0 Å². The summed E-state index contributed by atoms with van der Waals surface area (Å²) in [6, 6.07) is 12.7. The Balaban J connectivity index is 1.63. The van der Waals surface area contributed by atoms with Gasteiger partial charge < -0.3 is 10.0 Å². The van der Waals surface area contributed by atoms with Gasteiger partial charge in [0.25, 0.3) is 11.7 Å². The molecule has 0 bridgehead atoms. The van der Waals surface area contributed by atoms with Crippen LogP contribution in [-0.4, -0.2) is 26.7 Å². The second-order valence-electron chi connectivity index (χ2n) is 7.98. The highest BCUT2D eigenvalue weighted by molar-refractivity contribution is 7.09. The van der Waals surface area contributed by atoms with Gasteiger partial charge in [-0.05, 0) is 66.0 Å². The number of rotatable bonds is 4. The number of nitrogens with zero attached hydrogens (tertiary/aromatic N) is 2. The van der Waals surface area contributed by atoms with Gasteiger partial charge in [0, 0.05) is 22.8 Å². The predicted molar refractivity (Wildman–Crippen MR) is 119 cm³/mol. The van der Waals surface area contributed by atoms with Crippen molar-refractivity contribution >= 4 is 28.8 Å². The minimum atomic E-state index is -0.674. The largest absolute Gasteiger partial charge is 0.507 e. The molecule has 31 heavy (non-hydrogen) atoms. The second-order valence-corrected chi connectivity index (χ2v) is 9.02. The highest BCUT2D eigenvalue weighted by Gasteiger charge is 2.46. The molecule has 3 aromatic rings. The van der Waals surface area contributed by atoms with E-state index in [1.807, 2.05) is 41.8 Å². The molecule has 2 aromatic heterocycles. The van der Waals surface area contributed by atoms with Gasteiger partial charge in [-0.2, -0.15) is 0 Å². The molecule has 0 saturated carbocycles. The molecule has 1 saturated heterocycles. The summed E-state index contributed by atoms with van der Waals surface area (Å²) in [7, 11) is 0. The van der Waals surface area contributed by atoms with E-state index in [1.165, 1.54) is 33.8 Å². The first-order chi connectivity index (χ1) is 15.1. The summed E-state index contributed by atoms with van der Waals surface area (Å²) >= 11 is 1.53. The number of aryl methyl sites for hydroxylation is 2. The van der Waals surface area contributed by atoms with E-state index < -0.39 is 17.7 Å². The maximum atomic E-state index is 13.1. The van der Waals surface area contributed by atoms with Crippen LogP contribution in [0.15, 0.2) is 65.8 Å². The van der Waals surface area contributed by atoms with Crippen LogP contribution in [0.25, 0.3) is 5.76 Å². The Morgan fingerprint density at radius 3 is 2.68 bits per heavy atom. The third-order valence-corrected chi connectivity index (χ3v) is 6.93. The summed E-state index contributed by atoms with van der Waals surface area (Å²) in [5, 5.41) is 13.2. The van der Waals surface area contributed by atoms with Crippen molar-refractivity contribution in [1.82, 2.24) is 9.88 Å². The number of pyridine rings is 1. The highest BCUT2D eigenvalue weighted by atomic mass is 32.1. The van der Waals surface area contributed by atoms with Crippen LogP contribution in [0.3, 0.4) is 0 Å². The van der Waals surface area contributed by atoms with Crippen molar-refractivity contribution in [1.29, 1.82) is 0 Å². The first-order valence-electron chi connectivity index (χ1n) is 10.5. The Morgan fingerprint density at radius 2 is 1.94 bits per heavy atom. The van der Waals surface area contributed by atoms with Gasteiger partial charge in [0.2, 0.25) is 0 Å². The first kappa shape index (κ1) is 19.7. The smallest absolute Gasteiger partial charge is 0.295 e. The molecule has 2 aliphatic rings. The zero-order valence-corrected chi connectivity index (χ0v) is 17.8. The Labute approximate surface area is 184 Å². The number of benzene rings is 1. The summed E-state index contributed by atoms with van der Waals surface area (Å²) in [6.45, 7) is 0.308. The van der Waals surface area contributed by atoms with E-state index in [0.29, 0.717) is 17.7 Å². The Hall–Kier alpha value is -3.25. The zero-order chi connectivity index (χ0) is 21.4. The third kappa shape index (κ3) is 3.57. The monoisotopic (exact) mass is 430 g/mol. The van der Waals surface area contributed by atoms with Gasteiger partial charge in [0.05, 0.1) is 18.2 Å².